The molecule has 2 bridgehead atoms. The lowest BCUT2D eigenvalue weighted by Gasteiger charge is -2.36. The van der Waals surface area contributed by atoms with Crippen molar-refractivity contribution >= 4 is 16.4 Å². The zero-order valence-corrected chi connectivity index (χ0v) is 15.4. The summed E-state index contributed by atoms with van der Waals surface area (Å²) < 4.78 is 37.3. The van der Waals surface area contributed by atoms with Crippen molar-refractivity contribution in [2.24, 2.45) is 0 Å². The second kappa shape index (κ2) is 8.92. The standard InChI is InChI=1S/C17H23NO3.H2O4S/c1-18-13-7-8-14(18)10-15(9-13)21-17(20)16(11-19)12-5-3-2-4-6-12;1-5(2,3)4/h2-6,13-16,19H,7-11H2,1H3;(H2,1,2,3,4)/t13-,14-,16?;/m0./s1. The highest BCUT2D eigenvalue weighted by atomic mass is 32.3. The number of fused-ring (bicyclic) bond motifs is 2. The lowest BCUT2D eigenvalue weighted by Crippen LogP contribution is -2.43. The van der Waals surface area contributed by atoms with Crippen LogP contribution in [0.3, 0.4) is 0 Å². The van der Waals surface area contributed by atoms with E-state index in [-0.39, 0.29) is 18.7 Å². The van der Waals surface area contributed by atoms with Crippen LogP contribution in [0.4, 0.5) is 0 Å². The van der Waals surface area contributed by atoms with Gasteiger partial charge in [0.05, 0.1) is 6.61 Å². The monoisotopic (exact) mass is 387 g/mol. The van der Waals surface area contributed by atoms with E-state index in [1.807, 2.05) is 30.3 Å². The molecular formula is C17H25NO7S. The summed E-state index contributed by atoms with van der Waals surface area (Å²) in [7, 11) is -2.50. The molecule has 2 aliphatic heterocycles. The van der Waals surface area contributed by atoms with Crippen LogP contribution in [0.1, 0.15) is 37.2 Å². The number of piperidine rings is 1. The van der Waals surface area contributed by atoms with Gasteiger partial charge in [0.15, 0.2) is 0 Å². The van der Waals surface area contributed by atoms with Crippen LogP contribution >= 0.6 is 0 Å². The Labute approximate surface area is 153 Å². The van der Waals surface area contributed by atoms with Crippen molar-refractivity contribution in [1.29, 1.82) is 0 Å². The fraction of sp³-hybridized carbons (Fsp3) is 0.588. The Hall–Kier alpha value is -1.52. The van der Waals surface area contributed by atoms with E-state index in [4.69, 9.17) is 22.3 Å². The van der Waals surface area contributed by atoms with Gasteiger partial charge in [0.1, 0.15) is 12.0 Å². The number of hydrogen-bond donors (Lipinski definition) is 3. The number of nitrogens with zero attached hydrogens (tertiary/aromatic N) is 1. The van der Waals surface area contributed by atoms with Crippen molar-refractivity contribution < 1.29 is 32.2 Å². The van der Waals surface area contributed by atoms with E-state index in [0.29, 0.717) is 12.1 Å². The summed E-state index contributed by atoms with van der Waals surface area (Å²) in [5.74, 6) is -0.860. The first-order valence-electron chi connectivity index (χ1n) is 8.47. The number of esters is 1. The van der Waals surface area contributed by atoms with Crippen LogP contribution in [0.15, 0.2) is 30.3 Å². The molecule has 2 aliphatic rings. The highest BCUT2D eigenvalue weighted by molar-refractivity contribution is 7.79. The molecular weight excluding hydrogens is 362 g/mol. The molecule has 2 heterocycles. The predicted octanol–water partition coefficient (Wildman–Crippen LogP) is 1.28. The highest BCUT2D eigenvalue weighted by Crippen LogP contribution is 2.36. The molecule has 2 fully saturated rings. The Balaban J connectivity index is 0.000000431. The molecule has 0 amide bonds. The van der Waals surface area contributed by atoms with E-state index in [9.17, 15) is 9.90 Å². The van der Waals surface area contributed by atoms with Gasteiger partial charge in [-0.1, -0.05) is 30.3 Å². The number of carbonyl (C=O) groups is 1. The third-order valence-electron chi connectivity index (χ3n) is 5.01. The average molecular weight is 387 g/mol. The quantitative estimate of drug-likeness (QED) is 0.521. The smallest absolute Gasteiger partial charge is 0.394 e. The number of rotatable bonds is 4. The molecule has 1 unspecified atom stereocenters. The molecule has 9 heteroatoms. The summed E-state index contributed by atoms with van der Waals surface area (Å²) in [6.45, 7) is -0.206. The van der Waals surface area contributed by atoms with Crippen LogP contribution in [0.25, 0.3) is 0 Å². The molecule has 0 aliphatic carbocycles. The van der Waals surface area contributed by atoms with E-state index < -0.39 is 16.3 Å². The van der Waals surface area contributed by atoms with Crippen LogP contribution in [-0.4, -0.2) is 65.3 Å². The highest BCUT2D eigenvalue weighted by Gasteiger charge is 2.40. The molecule has 0 spiro atoms. The van der Waals surface area contributed by atoms with E-state index >= 15 is 0 Å². The maximum absolute atomic E-state index is 12.4. The van der Waals surface area contributed by atoms with Gasteiger partial charge in [-0.3, -0.25) is 13.9 Å². The number of carbonyl (C=O) groups excluding carboxylic acids is 1. The molecule has 1 aromatic carbocycles. The normalized spacial score (nSPS) is 26.5. The summed E-state index contributed by atoms with van der Waals surface area (Å²) in [4.78, 5) is 14.8. The molecule has 3 N–H and O–H groups in total. The Morgan fingerprint density at radius 3 is 2.15 bits per heavy atom. The zero-order chi connectivity index (χ0) is 19.3. The molecule has 0 saturated carbocycles. The first-order valence-corrected chi connectivity index (χ1v) is 9.87. The van der Waals surface area contributed by atoms with Gasteiger partial charge in [-0.2, -0.15) is 8.42 Å². The van der Waals surface area contributed by atoms with E-state index in [1.54, 1.807) is 0 Å². The minimum atomic E-state index is -4.67. The molecule has 0 radical (unpaired) electrons. The van der Waals surface area contributed by atoms with Crippen molar-refractivity contribution in [2.45, 2.75) is 49.8 Å². The largest absolute Gasteiger partial charge is 0.462 e. The fourth-order valence-corrected chi connectivity index (χ4v) is 3.71. The second-order valence-corrected chi connectivity index (χ2v) is 7.57. The maximum atomic E-state index is 12.4. The van der Waals surface area contributed by atoms with Crippen LogP contribution in [-0.2, 0) is 19.9 Å². The van der Waals surface area contributed by atoms with Crippen molar-refractivity contribution in [3.8, 4) is 0 Å². The number of hydrogen-bond acceptors (Lipinski definition) is 6. The van der Waals surface area contributed by atoms with E-state index in [1.165, 1.54) is 12.8 Å². The third kappa shape index (κ3) is 6.03. The number of aliphatic hydroxyl groups excluding tert-OH is 1. The third-order valence-corrected chi connectivity index (χ3v) is 5.01. The SMILES string of the molecule is CN1[C@H]2CC[C@H]1CC(OC(=O)C(CO)c1ccccc1)C2.O=S(=O)(O)O. The Morgan fingerprint density at radius 2 is 1.69 bits per heavy atom. The molecule has 1 aromatic rings. The first kappa shape index (κ1) is 20.8. The summed E-state index contributed by atoms with van der Waals surface area (Å²) in [6, 6.07) is 10.5. The Bertz CT molecular complexity index is 672. The molecule has 8 nitrogen and oxygen atoms in total. The van der Waals surface area contributed by atoms with Gasteiger partial charge in [-0.25, -0.2) is 0 Å². The topological polar surface area (TPSA) is 124 Å². The summed E-state index contributed by atoms with van der Waals surface area (Å²) in [6.07, 6.45) is 4.26. The molecule has 26 heavy (non-hydrogen) atoms. The number of aliphatic hydroxyl groups is 1. The second-order valence-electron chi connectivity index (χ2n) is 6.67. The van der Waals surface area contributed by atoms with Gasteiger partial charge >= 0.3 is 16.4 Å². The van der Waals surface area contributed by atoms with Crippen LogP contribution < -0.4 is 0 Å². The summed E-state index contributed by atoms with van der Waals surface area (Å²) >= 11 is 0. The van der Waals surface area contributed by atoms with Crippen molar-refractivity contribution in [1.82, 2.24) is 4.90 Å². The molecule has 3 rings (SSSR count). The predicted molar refractivity (Wildman–Crippen MR) is 94.1 cm³/mol. The summed E-state index contributed by atoms with van der Waals surface area (Å²) in [5, 5.41) is 9.53. The minimum Gasteiger partial charge on any atom is -0.462 e. The maximum Gasteiger partial charge on any atom is 0.394 e. The Kier molecular flexibility index (Phi) is 7.13. The van der Waals surface area contributed by atoms with Crippen LogP contribution in [0.2, 0.25) is 0 Å². The lowest BCUT2D eigenvalue weighted by atomic mass is 9.98. The van der Waals surface area contributed by atoms with Crippen LogP contribution in [0, 0.1) is 0 Å². The van der Waals surface area contributed by atoms with Gasteiger partial charge < -0.3 is 14.7 Å². The number of ether oxygens (including phenoxy) is 1. The minimum absolute atomic E-state index is 0.00367. The van der Waals surface area contributed by atoms with Gasteiger partial charge in [0.2, 0.25) is 0 Å². The van der Waals surface area contributed by atoms with Crippen molar-refractivity contribution in [2.75, 3.05) is 13.7 Å². The first-order chi connectivity index (χ1) is 12.2. The fourth-order valence-electron chi connectivity index (χ4n) is 3.71. The van der Waals surface area contributed by atoms with Gasteiger partial charge in [-0.05, 0) is 38.3 Å². The molecule has 0 aromatic heterocycles. The number of benzene rings is 1. The Morgan fingerprint density at radius 1 is 1.19 bits per heavy atom. The van der Waals surface area contributed by atoms with E-state index in [0.717, 1.165) is 18.4 Å². The lowest BCUT2D eigenvalue weighted by molar-refractivity contribution is -0.155. The van der Waals surface area contributed by atoms with Crippen LogP contribution in [0.5, 0.6) is 0 Å². The summed E-state index contributed by atoms with van der Waals surface area (Å²) in [5.41, 5.74) is 0.820. The molecule has 2 saturated heterocycles. The average Bonchev–Trinajstić information content (AvgIpc) is 2.77. The van der Waals surface area contributed by atoms with E-state index in [2.05, 4.69) is 11.9 Å². The van der Waals surface area contributed by atoms with Gasteiger partial charge in [0, 0.05) is 12.1 Å². The molecule has 3 atom stereocenters. The van der Waals surface area contributed by atoms with Gasteiger partial charge in [-0.15, -0.1) is 0 Å². The zero-order valence-electron chi connectivity index (χ0n) is 14.6. The van der Waals surface area contributed by atoms with Gasteiger partial charge in [0.25, 0.3) is 0 Å². The molecule has 146 valence electrons. The van der Waals surface area contributed by atoms with Crippen molar-refractivity contribution in [3.05, 3.63) is 35.9 Å². The van der Waals surface area contributed by atoms with Crippen molar-refractivity contribution in [3.63, 3.8) is 0 Å².